The zero-order valence-electron chi connectivity index (χ0n) is 12.4. The summed E-state index contributed by atoms with van der Waals surface area (Å²) < 4.78 is 23.1. The maximum Gasteiger partial charge on any atom is 0.358 e. The van der Waals surface area contributed by atoms with E-state index in [-0.39, 0.29) is 11.5 Å². The molecule has 7 heteroatoms. The largest absolute Gasteiger partial charge is 0.464 e. The third-order valence-corrected chi connectivity index (χ3v) is 3.18. The summed E-state index contributed by atoms with van der Waals surface area (Å²) in [7, 11) is 1.27. The minimum atomic E-state index is -0.562. The third-order valence-electron chi connectivity index (χ3n) is 3.18. The lowest BCUT2D eigenvalue weighted by molar-refractivity contribution is 0.0593. The lowest BCUT2D eigenvalue weighted by Gasteiger charge is -1.99. The van der Waals surface area contributed by atoms with E-state index in [1.807, 2.05) is 0 Å². The first-order chi connectivity index (χ1) is 11.1. The highest BCUT2D eigenvalue weighted by Gasteiger charge is 2.16. The Labute approximate surface area is 131 Å². The lowest BCUT2D eigenvalue weighted by atomic mass is 10.2. The number of rotatable bonds is 3. The van der Waals surface area contributed by atoms with Gasteiger partial charge in [0.05, 0.1) is 19.5 Å². The van der Waals surface area contributed by atoms with Crippen molar-refractivity contribution in [2.24, 2.45) is 0 Å². The monoisotopic (exact) mass is 313 g/mol. The summed E-state index contributed by atoms with van der Waals surface area (Å²) >= 11 is 0. The molecule has 0 spiro atoms. The summed E-state index contributed by atoms with van der Waals surface area (Å²) in [6.45, 7) is 1.74. The molecule has 0 N–H and O–H groups in total. The summed E-state index contributed by atoms with van der Waals surface area (Å²) in [6, 6.07) is 5.83. The minimum absolute atomic E-state index is 0.108. The van der Waals surface area contributed by atoms with E-state index in [1.165, 1.54) is 31.6 Å². The molecule has 3 rings (SSSR count). The van der Waals surface area contributed by atoms with Gasteiger partial charge in [-0.1, -0.05) is 0 Å². The molecule has 3 aromatic rings. The molecule has 0 radical (unpaired) electrons. The number of aryl methyl sites for hydroxylation is 1. The number of nitrogens with zero attached hydrogens (tertiary/aromatic N) is 3. The van der Waals surface area contributed by atoms with E-state index >= 15 is 0 Å². The van der Waals surface area contributed by atoms with Crippen LogP contribution in [0.15, 0.2) is 41.1 Å². The van der Waals surface area contributed by atoms with Gasteiger partial charge in [0, 0.05) is 5.56 Å². The van der Waals surface area contributed by atoms with Crippen LogP contribution >= 0.6 is 0 Å². The Balaban J connectivity index is 1.94. The van der Waals surface area contributed by atoms with Crippen molar-refractivity contribution in [1.82, 2.24) is 15.0 Å². The Kier molecular flexibility index (Phi) is 3.84. The molecule has 0 aliphatic carbocycles. The molecule has 0 saturated carbocycles. The number of hydrogen-bond acceptors (Lipinski definition) is 6. The third kappa shape index (κ3) is 2.94. The van der Waals surface area contributed by atoms with Gasteiger partial charge in [0.25, 0.3) is 0 Å². The van der Waals surface area contributed by atoms with Crippen LogP contribution in [0.4, 0.5) is 4.39 Å². The molecule has 2 heterocycles. The molecule has 116 valence electrons. The summed E-state index contributed by atoms with van der Waals surface area (Å²) in [5.74, 6) is 0.00947. The second-order valence-electron chi connectivity index (χ2n) is 4.71. The second-order valence-corrected chi connectivity index (χ2v) is 4.71. The smallest absolute Gasteiger partial charge is 0.358 e. The maximum absolute atomic E-state index is 13.0. The zero-order chi connectivity index (χ0) is 16.4. The van der Waals surface area contributed by atoms with Crippen molar-refractivity contribution in [1.29, 1.82) is 0 Å². The number of carbonyl (C=O) groups excluding carboxylic acids is 1. The van der Waals surface area contributed by atoms with Crippen LogP contribution in [0.5, 0.6) is 0 Å². The number of aromatic nitrogens is 3. The van der Waals surface area contributed by atoms with Gasteiger partial charge in [0.2, 0.25) is 5.89 Å². The van der Waals surface area contributed by atoms with Crippen molar-refractivity contribution < 1.29 is 18.3 Å². The quantitative estimate of drug-likeness (QED) is 0.692. The fourth-order valence-electron chi connectivity index (χ4n) is 2.01. The van der Waals surface area contributed by atoms with Crippen LogP contribution in [0, 0.1) is 12.7 Å². The molecule has 0 aliphatic heterocycles. The molecule has 0 unspecified atom stereocenters. The molecule has 0 amide bonds. The number of halogens is 1. The van der Waals surface area contributed by atoms with Gasteiger partial charge in [-0.25, -0.2) is 19.2 Å². The molecule has 1 aromatic carbocycles. The SMILES string of the molecule is COC(=O)c1cnc(-c2nc(-c3ccc(F)cc3)oc2C)cn1. The number of esters is 1. The van der Waals surface area contributed by atoms with Gasteiger partial charge >= 0.3 is 5.97 Å². The Morgan fingerprint density at radius 1 is 1.17 bits per heavy atom. The van der Waals surface area contributed by atoms with Gasteiger partial charge in [-0.15, -0.1) is 0 Å². The number of oxazole rings is 1. The van der Waals surface area contributed by atoms with Gasteiger partial charge in [-0.05, 0) is 31.2 Å². The van der Waals surface area contributed by atoms with Gasteiger partial charge in [0.1, 0.15) is 23.0 Å². The highest BCUT2D eigenvalue weighted by molar-refractivity contribution is 5.86. The average molecular weight is 313 g/mol. The normalized spacial score (nSPS) is 10.6. The molecule has 0 bridgehead atoms. The second kappa shape index (κ2) is 5.96. The first-order valence-electron chi connectivity index (χ1n) is 6.72. The Morgan fingerprint density at radius 2 is 1.91 bits per heavy atom. The van der Waals surface area contributed by atoms with Crippen molar-refractivity contribution in [3.05, 3.63) is 53.9 Å². The fraction of sp³-hybridized carbons (Fsp3) is 0.125. The minimum Gasteiger partial charge on any atom is -0.464 e. The molecule has 0 saturated heterocycles. The van der Waals surface area contributed by atoms with E-state index in [0.717, 1.165) is 0 Å². The van der Waals surface area contributed by atoms with E-state index in [9.17, 15) is 9.18 Å². The first-order valence-corrected chi connectivity index (χ1v) is 6.72. The Hall–Kier alpha value is -3.09. The highest BCUT2D eigenvalue weighted by Crippen LogP contribution is 2.27. The number of methoxy groups -OCH3 is 1. The standard InChI is InChI=1S/C16H12FN3O3/c1-9-14(12-7-19-13(8-18-12)16(21)22-2)20-15(23-9)10-3-5-11(17)6-4-10/h3-8H,1-2H3. The summed E-state index contributed by atoms with van der Waals surface area (Å²) in [5.41, 5.74) is 1.73. The van der Waals surface area contributed by atoms with Crippen LogP contribution in [0.2, 0.25) is 0 Å². The lowest BCUT2D eigenvalue weighted by Crippen LogP contribution is -2.05. The maximum atomic E-state index is 13.0. The summed E-state index contributed by atoms with van der Waals surface area (Å²) in [4.78, 5) is 23.9. The van der Waals surface area contributed by atoms with Crippen LogP contribution in [0.1, 0.15) is 16.2 Å². The molecule has 2 aromatic heterocycles. The fourth-order valence-corrected chi connectivity index (χ4v) is 2.01. The number of carbonyl (C=O) groups is 1. The van der Waals surface area contributed by atoms with Gasteiger partial charge in [-0.3, -0.25) is 4.98 Å². The zero-order valence-corrected chi connectivity index (χ0v) is 12.4. The number of benzene rings is 1. The molecule has 0 aliphatic rings. The molecular weight excluding hydrogens is 301 g/mol. The summed E-state index contributed by atoms with van der Waals surface area (Å²) in [5, 5.41) is 0. The predicted octanol–water partition coefficient (Wildman–Crippen LogP) is 3.03. The van der Waals surface area contributed by atoms with E-state index < -0.39 is 5.97 Å². The van der Waals surface area contributed by atoms with Crippen LogP contribution in [0.25, 0.3) is 22.8 Å². The number of hydrogen-bond donors (Lipinski definition) is 0. The molecule has 0 atom stereocenters. The van der Waals surface area contributed by atoms with Crippen molar-refractivity contribution >= 4 is 5.97 Å². The van der Waals surface area contributed by atoms with Crippen molar-refractivity contribution in [2.75, 3.05) is 7.11 Å². The van der Waals surface area contributed by atoms with Crippen LogP contribution < -0.4 is 0 Å². The Bertz CT molecular complexity index is 842. The first kappa shape index (κ1) is 14.8. The molecule has 6 nitrogen and oxygen atoms in total. The predicted molar refractivity (Wildman–Crippen MR) is 79.0 cm³/mol. The van der Waals surface area contributed by atoms with Gasteiger partial charge in [-0.2, -0.15) is 0 Å². The van der Waals surface area contributed by atoms with E-state index in [0.29, 0.717) is 28.6 Å². The van der Waals surface area contributed by atoms with E-state index in [2.05, 4.69) is 19.7 Å². The van der Waals surface area contributed by atoms with Crippen LogP contribution in [-0.4, -0.2) is 28.0 Å². The van der Waals surface area contributed by atoms with Crippen molar-refractivity contribution in [2.45, 2.75) is 6.92 Å². The van der Waals surface area contributed by atoms with Gasteiger partial charge < -0.3 is 9.15 Å². The van der Waals surface area contributed by atoms with Crippen LogP contribution in [0.3, 0.4) is 0 Å². The molecule has 23 heavy (non-hydrogen) atoms. The van der Waals surface area contributed by atoms with Crippen LogP contribution in [-0.2, 0) is 4.74 Å². The van der Waals surface area contributed by atoms with E-state index in [1.54, 1.807) is 19.1 Å². The van der Waals surface area contributed by atoms with Crippen molar-refractivity contribution in [3.63, 3.8) is 0 Å². The highest BCUT2D eigenvalue weighted by atomic mass is 19.1. The molecular formula is C16H12FN3O3. The van der Waals surface area contributed by atoms with E-state index in [4.69, 9.17) is 4.42 Å². The summed E-state index contributed by atoms with van der Waals surface area (Å²) in [6.07, 6.45) is 2.73. The van der Waals surface area contributed by atoms with Crippen molar-refractivity contribution in [3.8, 4) is 22.8 Å². The number of ether oxygens (including phenoxy) is 1. The Morgan fingerprint density at radius 3 is 2.52 bits per heavy atom. The van der Waals surface area contributed by atoms with Gasteiger partial charge in [0.15, 0.2) is 5.69 Å². The molecule has 0 fully saturated rings. The average Bonchev–Trinajstić information content (AvgIpc) is 2.96. The topological polar surface area (TPSA) is 78.1 Å².